The number of furan rings is 1. The molecule has 4 heterocycles. The molecule has 2 aromatic heterocycles. The van der Waals surface area contributed by atoms with Crippen LogP contribution in [0.3, 0.4) is 0 Å². The molecule has 2 saturated heterocycles. The fraction of sp³-hybridized carbons (Fsp3) is 0.333. The minimum Gasteiger partial charge on any atom is -0.472 e. The minimum atomic E-state index is -0.0474. The Bertz CT molecular complexity index is 1050. The molecule has 8 nitrogen and oxygen atoms in total. The first kappa shape index (κ1) is 20.2. The number of amides is 2. The second-order valence-corrected chi connectivity index (χ2v) is 8.37. The molecule has 2 aliphatic rings. The summed E-state index contributed by atoms with van der Waals surface area (Å²) in [5.41, 5.74) is 2.66. The van der Waals surface area contributed by atoms with Gasteiger partial charge in [-0.15, -0.1) is 5.10 Å². The van der Waals surface area contributed by atoms with E-state index in [0.29, 0.717) is 24.6 Å². The Morgan fingerprint density at radius 1 is 1.03 bits per heavy atom. The molecule has 2 amide bonds. The predicted molar refractivity (Wildman–Crippen MR) is 119 cm³/mol. The number of carbonyl (C=O) groups is 2. The zero-order valence-electron chi connectivity index (χ0n) is 17.7. The van der Waals surface area contributed by atoms with Crippen molar-refractivity contribution in [3.63, 3.8) is 0 Å². The van der Waals surface area contributed by atoms with E-state index >= 15 is 0 Å². The Kier molecular flexibility index (Phi) is 5.58. The summed E-state index contributed by atoms with van der Waals surface area (Å²) in [5, 5.41) is 11.0. The fourth-order valence-corrected chi connectivity index (χ4v) is 4.36. The van der Waals surface area contributed by atoms with Crippen LogP contribution in [0.2, 0.25) is 0 Å². The average molecular weight is 431 g/mol. The van der Waals surface area contributed by atoms with E-state index in [0.717, 1.165) is 37.4 Å². The SMILES string of the molecule is O=C(Nc1ccc(C2CCN(C(=O)c3ccoc3)CC2)cc1)C1CN(c2cccnn2)C1. The Morgan fingerprint density at radius 2 is 1.81 bits per heavy atom. The van der Waals surface area contributed by atoms with Crippen LogP contribution in [0.5, 0.6) is 0 Å². The first-order valence-electron chi connectivity index (χ1n) is 10.9. The zero-order valence-corrected chi connectivity index (χ0v) is 17.7. The highest BCUT2D eigenvalue weighted by Crippen LogP contribution is 2.30. The number of hydrogen-bond donors (Lipinski definition) is 1. The molecule has 32 heavy (non-hydrogen) atoms. The molecule has 0 atom stereocenters. The summed E-state index contributed by atoms with van der Waals surface area (Å²) in [6.45, 7) is 2.77. The summed E-state index contributed by atoms with van der Waals surface area (Å²) < 4.78 is 5.02. The Labute approximate surface area is 186 Å². The number of rotatable bonds is 5. The normalized spacial score (nSPS) is 17.1. The van der Waals surface area contributed by atoms with E-state index in [-0.39, 0.29) is 17.7 Å². The molecule has 8 heteroatoms. The highest BCUT2D eigenvalue weighted by Gasteiger charge is 2.33. The van der Waals surface area contributed by atoms with Crippen LogP contribution in [0.25, 0.3) is 0 Å². The quantitative estimate of drug-likeness (QED) is 0.667. The smallest absolute Gasteiger partial charge is 0.257 e. The van der Waals surface area contributed by atoms with E-state index in [1.807, 2.05) is 34.1 Å². The van der Waals surface area contributed by atoms with Gasteiger partial charge in [-0.25, -0.2) is 0 Å². The van der Waals surface area contributed by atoms with Crippen molar-refractivity contribution in [3.8, 4) is 0 Å². The van der Waals surface area contributed by atoms with Crippen molar-refractivity contribution in [2.45, 2.75) is 18.8 Å². The minimum absolute atomic E-state index is 0.0314. The molecule has 1 N–H and O–H groups in total. The van der Waals surface area contributed by atoms with Crippen molar-refractivity contribution >= 4 is 23.3 Å². The maximum atomic E-state index is 12.5. The number of nitrogens with one attached hydrogen (secondary N) is 1. The third kappa shape index (κ3) is 4.21. The topological polar surface area (TPSA) is 91.6 Å². The van der Waals surface area contributed by atoms with Crippen LogP contribution in [0.4, 0.5) is 11.5 Å². The van der Waals surface area contributed by atoms with E-state index in [1.54, 1.807) is 12.3 Å². The summed E-state index contributed by atoms with van der Waals surface area (Å²) in [4.78, 5) is 28.9. The van der Waals surface area contributed by atoms with Gasteiger partial charge in [-0.2, -0.15) is 5.10 Å². The first-order valence-corrected chi connectivity index (χ1v) is 10.9. The second kappa shape index (κ2) is 8.82. The van der Waals surface area contributed by atoms with Crippen molar-refractivity contribution in [1.82, 2.24) is 15.1 Å². The lowest BCUT2D eigenvalue weighted by atomic mass is 9.89. The molecule has 0 spiro atoms. The Morgan fingerprint density at radius 3 is 2.47 bits per heavy atom. The van der Waals surface area contributed by atoms with Crippen molar-refractivity contribution in [1.29, 1.82) is 0 Å². The third-order valence-electron chi connectivity index (χ3n) is 6.33. The van der Waals surface area contributed by atoms with Gasteiger partial charge in [0.2, 0.25) is 5.91 Å². The monoisotopic (exact) mass is 431 g/mol. The van der Waals surface area contributed by atoms with Gasteiger partial charge >= 0.3 is 0 Å². The van der Waals surface area contributed by atoms with Gasteiger partial charge in [0.25, 0.3) is 5.91 Å². The molecule has 0 unspecified atom stereocenters. The molecule has 3 aromatic rings. The van der Waals surface area contributed by atoms with Crippen molar-refractivity contribution in [2.75, 3.05) is 36.4 Å². The molecule has 2 aliphatic heterocycles. The van der Waals surface area contributed by atoms with Crippen LogP contribution in [0.15, 0.2) is 65.6 Å². The molecule has 164 valence electrons. The van der Waals surface area contributed by atoms with E-state index in [9.17, 15) is 9.59 Å². The van der Waals surface area contributed by atoms with Gasteiger partial charge in [-0.3, -0.25) is 9.59 Å². The van der Waals surface area contributed by atoms with Gasteiger partial charge in [0.15, 0.2) is 5.82 Å². The highest BCUT2D eigenvalue weighted by atomic mass is 16.3. The predicted octanol–water partition coefficient (Wildman–Crippen LogP) is 3.16. The molecular formula is C24H25N5O3. The maximum Gasteiger partial charge on any atom is 0.257 e. The number of piperidine rings is 1. The first-order chi connectivity index (χ1) is 15.7. The van der Waals surface area contributed by atoms with E-state index in [2.05, 4.69) is 27.6 Å². The number of nitrogens with zero attached hydrogens (tertiary/aromatic N) is 4. The lowest BCUT2D eigenvalue weighted by Crippen LogP contribution is -2.52. The second-order valence-electron chi connectivity index (χ2n) is 8.37. The summed E-state index contributed by atoms with van der Waals surface area (Å²) in [5.74, 6) is 1.24. The van der Waals surface area contributed by atoms with Gasteiger partial charge in [0.05, 0.1) is 17.7 Å². The molecule has 0 aliphatic carbocycles. The number of likely N-dealkylation sites (tertiary alicyclic amines) is 1. The van der Waals surface area contributed by atoms with Crippen molar-refractivity contribution < 1.29 is 14.0 Å². The van der Waals surface area contributed by atoms with Crippen LogP contribution in [-0.4, -0.2) is 53.1 Å². The standard InChI is InChI=1S/C24H25N5O3/c30-23(20-14-29(15-20)22-2-1-10-25-27-22)26-21-5-3-17(4-6-21)18-7-11-28(12-8-18)24(31)19-9-13-32-16-19/h1-6,9-10,13,16,18,20H,7-8,11-12,14-15H2,(H,26,30). The fourth-order valence-electron chi connectivity index (χ4n) is 4.36. The summed E-state index contributed by atoms with van der Waals surface area (Å²) in [6.07, 6.45) is 6.52. The van der Waals surface area contributed by atoms with Crippen LogP contribution in [0, 0.1) is 5.92 Å². The molecule has 0 saturated carbocycles. The average Bonchev–Trinajstić information content (AvgIpc) is 3.34. The number of aromatic nitrogens is 2. The van der Waals surface area contributed by atoms with E-state index < -0.39 is 0 Å². The van der Waals surface area contributed by atoms with Crippen LogP contribution in [-0.2, 0) is 4.79 Å². The number of carbonyl (C=O) groups excluding carboxylic acids is 2. The summed E-state index contributed by atoms with van der Waals surface area (Å²) in [6, 6.07) is 13.6. The molecule has 1 aromatic carbocycles. The summed E-state index contributed by atoms with van der Waals surface area (Å²) >= 11 is 0. The third-order valence-corrected chi connectivity index (χ3v) is 6.33. The Balaban J connectivity index is 1.10. The Hall–Kier alpha value is -3.68. The van der Waals surface area contributed by atoms with Crippen LogP contribution >= 0.6 is 0 Å². The molecule has 0 bridgehead atoms. The lowest BCUT2D eigenvalue weighted by molar-refractivity contribution is -0.120. The number of anilines is 2. The van der Waals surface area contributed by atoms with Crippen molar-refractivity contribution in [3.05, 3.63) is 72.3 Å². The van der Waals surface area contributed by atoms with Crippen LogP contribution < -0.4 is 10.2 Å². The van der Waals surface area contributed by atoms with Gasteiger partial charge in [-0.1, -0.05) is 12.1 Å². The van der Waals surface area contributed by atoms with Gasteiger partial charge < -0.3 is 19.5 Å². The lowest BCUT2D eigenvalue weighted by Gasteiger charge is -2.38. The van der Waals surface area contributed by atoms with E-state index in [1.165, 1.54) is 18.1 Å². The molecule has 2 fully saturated rings. The van der Waals surface area contributed by atoms with Gasteiger partial charge in [0, 0.05) is 38.1 Å². The molecular weight excluding hydrogens is 406 g/mol. The van der Waals surface area contributed by atoms with Gasteiger partial charge in [-0.05, 0) is 54.7 Å². The number of hydrogen-bond acceptors (Lipinski definition) is 6. The number of benzene rings is 1. The van der Waals surface area contributed by atoms with Gasteiger partial charge in [0.1, 0.15) is 6.26 Å². The largest absolute Gasteiger partial charge is 0.472 e. The van der Waals surface area contributed by atoms with Crippen molar-refractivity contribution in [2.24, 2.45) is 5.92 Å². The zero-order chi connectivity index (χ0) is 21.9. The van der Waals surface area contributed by atoms with E-state index in [4.69, 9.17) is 4.42 Å². The summed E-state index contributed by atoms with van der Waals surface area (Å²) in [7, 11) is 0. The highest BCUT2D eigenvalue weighted by molar-refractivity contribution is 5.94. The maximum absolute atomic E-state index is 12.5. The molecule has 5 rings (SSSR count). The van der Waals surface area contributed by atoms with Crippen LogP contribution in [0.1, 0.15) is 34.7 Å². The molecule has 0 radical (unpaired) electrons.